The van der Waals surface area contributed by atoms with Crippen LogP contribution in [0.1, 0.15) is 5.56 Å². The lowest BCUT2D eigenvalue weighted by molar-refractivity contribution is 0.478. The van der Waals surface area contributed by atoms with Gasteiger partial charge in [0.15, 0.2) is 0 Å². The van der Waals surface area contributed by atoms with Crippen molar-refractivity contribution in [2.75, 3.05) is 11.5 Å². The van der Waals surface area contributed by atoms with Gasteiger partial charge in [-0.15, -0.1) is 0 Å². The molecule has 14 heavy (non-hydrogen) atoms. The average Bonchev–Trinajstić information content (AvgIpc) is 2.06. The molecule has 0 aliphatic rings. The Kier molecular flexibility index (Phi) is 2.97. The van der Waals surface area contributed by atoms with Crippen molar-refractivity contribution in [2.24, 2.45) is 0 Å². The molecule has 0 bridgehead atoms. The van der Waals surface area contributed by atoms with E-state index in [0.717, 1.165) is 0 Å². The number of anilines is 1. The predicted molar refractivity (Wildman–Crippen MR) is 52.6 cm³/mol. The number of benzene rings is 1. The minimum absolute atomic E-state index is 0.0411. The summed E-state index contributed by atoms with van der Waals surface area (Å²) in [5.74, 6) is -0.391. The van der Waals surface area contributed by atoms with Gasteiger partial charge in [0.1, 0.15) is 5.75 Å². The molecule has 0 unspecified atom stereocenters. The van der Waals surface area contributed by atoms with E-state index in [2.05, 4.69) is 0 Å². The molecule has 1 rings (SSSR count). The molecule has 0 spiro atoms. The summed E-state index contributed by atoms with van der Waals surface area (Å²) >= 11 is 0. The van der Waals surface area contributed by atoms with Crippen molar-refractivity contribution in [2.45, 2.75) is 6.42 Å². The van der Waals surface area contributed by atoms with Crippen molar-refractivity contribution in [1.29, 1.82) is 0 Å². The number of hydrogen-bond acceptors (Lipinski definition) is 4. The van der Waals surface area contributed by atoms with Gasteiger partial charge in [0.05, 0.1) is 11.4 Å². The van der Waals surface area contributed by atoms with Crippen LogP contribution >= 0.6 is 0 Å². The molecule has 5 nitrogen and oxygen atoms in total. The van der Waals surface area contributed by atoms with Crippen molar-refractivity contribution >= 4 is 15.8 Å². The normalized spacial score (nSPS) is 11.5. The fourth-order valence-corrected chi connectivity index (χ4v) is 1.50. The summed E-state index contributed by atoms with van der Waals surface area (Å²) in [7, 11) is -3.95. The number of phenols is 1. The van der Waals surface area contributed by atoms with Crippen LogP contribution in [0, 0.1) is 0 Å². The van der Waals surface area contributed by atoms with E-state index in [4.69, 9.17) is 15.4 Å². The molecule has 0 heterocycles. The molecule has 0 atom stereocenters. The summed E-state index contributed by atoms with van der Waals surface area (Å²) in [6.45, 7) is 0. The van der Waals surface area contributed by atoms with Crippen molar-refractivity contribution in [3.8, 4) is 5.75 Å². The maximum Gasteiger partial charge on any atom is 0.265 e. The summed E-state index contributed by atoms with van der Waals surface area (Å²) in [5.41, 5.74) is 6.24. The molecule has 0 saturated carbocycles. The predicted octanol–water partition coefficient (Wildman–Crippen LogP) is 0.405. The van der Waals surface area contributed by atoms with E-state index in [-0.39, 0.29) is 23.6 Å². The van der Waals surface area contributed by atoms with E-state index >= 15 is 0 Å². The SMILES string of the molecule is Nc1cc(CCS(=O)(=O)O)ccc1O. The quantitative estimate of drug-likeness (QED) is 0.386. The Labute approximate surface area is 81.9 Å². The van der Waals surface area contributed by atoms with E-state index in [9.17, 15) is 8.42 Å². The van der Waals surface area contributed by atoms with Crippen LogP contribution in [0.25, 0.3) is 0 Å². The van der Waals surface area contributed by atoms with Gasteiger partial charge in [-0.05, 0) is 24.1 Å². The van der Waals surface area contributed by atoms with Gasteiger partial charge < -0.3 is 10.8 Å². The fourth-order valence-electron chi connectivity index (χ4n) is 1.01. The maximum atomic E-state index is 10.4. The van der Waals surface area contributed by atoms with Crippen molar-refractivity contribution < 1.29 is 18.1 Å². The summed E-state index contributed by atoms with van der Waals surface area (Å²) in [6.07, 6.45) is 0.170. The van der Waals surface area contributed by atoms with E-state index in [0.29, 0.717) is 5.56 Å². The molecule has 0 fully saturated rings. The first-order chi connectivity index (χ1) is 6.38. The number of hydrogen-bond donors (Lipinski definition) is 3. The number of rotatable bonds is 3. The first-order valence-electron chi connectivity index (χ1n) is 3.91. The summed E-state index contributed by atoms with van der Waals surface area (Å²) < 4.78 is 29.4. The Hall–Kier alpha value is -1.27. The lowest BCUT2D eigenvalue weighted by atomic mass is 10.1. The molecule has 1 aromatic carbocycles. The second kappa shape index (κ2) is 3.85. The molecule has 0 radical (unpaired) electrons. The van der Waals surface area contributed by atoms with Gasteiger partial charge in [-0.25, -0.2) is 0 Å². The van der Waals surface area contributed by atoms with E-state index < -0.39 is 10.1 Å². The second-order valence-electron chi connectivity index (χ2n) is 2.93. The zero-order chi connectivity index (χ0) is 10.8. The molecular formula is C8H11NO4S. The summed E-state index contributed by atoms with van der Waals surface area (Å²) in [6, 6.07) is 4.41. The first-order valence-corrected chi connectivity index (χ1v) is 5.52. The number of phenolic OH excluding ortho intramolecular Hbond substituents is 1. The van der Waals surface area contributed by atoms with Crippen molar-refractivity contribution in [3.05, 3.63) is 23.8 Å². The van der Waals surface area contributed by atoms with Gasteiger partial charge in [0.25, 0.3) is 10.1 Å². The van der Waals surface area contributed by atoms with Crippen LogP contribution in [0.15, 0.2) is 18.2 Å². The lowest BCUT2D eigenvalue weighted by Crippen LogP contribution is -2.06. The van der Waals surface area contributed by atoms with Crippen LogP contribution in [0.5, 0.6) is 5.75 Å². The van der Waals surface area contributed by atoms with Crippen molar-refractivity contribution in [1.82, 2.24) is 0 Å². The molecule has 0 amide bonds. The highest BCUT2D eigenvalue weighted by Gasteiger charge is 2.06. The topological polar surface area (TPSA) is 101 Å². The number of nitrogen functional groups attached to an aromatic ring is 1. The molecule has 4 N–H and O–H groups in total. The van der Waals surface area contributed by atoms with E-state index in [1.807, 2.05) is 0 Å². The van der Waals surface area contributed by atoms with Crippen LogP contribution in [0.2, 0.25) is 0 Å². The molecule has 6 heteroatoms. The maximum absolute atomic E-state index is 10.4. The number of nitrogens with two attached hydrogens (primary N) is 1. The average molecular weight is 217 g/mol. The number of aryl methyl sites for hydroxylation is 1. The smallest absolute Gasteiger partial charge is 0.265 e. The van der Waals surface area contributed by atoms with Crippen LogP contribution in [0.4, 0.5) is 5.69 Å². The highest BCUT2D eigenvalue weighted by atomic mass is 32.2. The molecule has 0 aromatic heterocycles. The summed E-state index contributed by atoms with van der Waals surface area (Å²) in [4.78, 5) is 0. The van der Waals surface area contributed by atoms with Gasteiger partial charge in [0.2, 0.25) is 0 Å². The van der Waals surface area contributed by atoms with Gasteiger partial charge in [-0.1, -0.05) is 6.07 Å². The van der Waals surface area contributed by atoms with Gasteiger partial charge in [0, 0.05) is 0 Å². The van der Waals surface area contributed by atoms with Crippen LogP contribution in [-0.2, 0) is 16.5 Å². The highest BCUT2D eigenvalue weighted by molar-refractivity contribution is 7.85. The van der Waals surface area contributed by atoms with Crippen LogP contribution < -0.4 is 5.73 Å². The Bertz CT molecular complexity index is 427. The van der Waals surface area contributed by atoms with Gasteiger partial charge in [-0.2, -0.15) is 8.42 Å². The Morgan fingerprint density at radius 1 is 1.36 bits per heavy atom. The molecule has 78 valence electrons. The van der Waals surface area contributed by atoms with E-state index in [1.165, 1.54) is 12.1 Å². The lowest BCUT2D eigenvalue weighted by Gasteiger charge is -2.02. The Morgan fingerprint density at radius 2 is 2.00 bits per heavy atom. The Morgan fingerprint density at radius 3 is 2.50 bits per heavy atom. The minimum atomic E-state index is -3.95. The standard InChI is InChI=1S/C8H11NO4S/c9-7-5-6(1-2-8(7)10)3-4-14(11,12)13/h1-2,5,10H,3-4,9H2,(H,11,12,13). The van der Waals surface area contributed by atoms with Gasteiger partial charge in [-0.3, -0.25) is 4.55 Å². The molecule has 0 aliphatic heterocycles. The third-order valence-corrected chi connectivity index (χ3v) is 2.46. The molecule has 1 aromatic rings. The zero-order valence-corrected chi connectivity index (χ0v) is 8.16. The zero-order valence-electron chi connectivity index (χ0n) is 7.34. The molecule has 0 saturated heterocycles. The fraction of sp³-hybridized carbons (Fsp3) is 0.250. The number of aromatic hydroxyl groups is 1. The third kappa shape index (κ3) is 3.23. The highest BCUT2D eigenvalue weighted by Crippen LogP contribution is 2.20. The minimum Gasteiger partial charge on any atom is -0.506 e. The molecular weight excluding hydrogens is 206 g/mol. The molecule has 0 aliphatic carbocycles. The largest absolute Gasteiger partial charge is 0.506 e. The third-order valence-electron chi connectivity index (χ3n) is 1.74. The summed E-state index contributed by atoms with van der Waals surface area (Å²) in [5, 5.41) is 9.08. The van der Waals surface area contributed by atoms with Crippen molar-refractivity contribution in [3.63, 3.8) is 0 Å². The van der Waals surface area contributed by atoms with Gasteiger partial charge >= 0.3 is 0 Å². The second-order valence-corrected chi connectivity index (χ2v) is 4.50. The van der Waals surface area contributed by atoms with Crippen LogP contribution in [-0.4, -0.2) is 23.8 Å². The monoisotopic (exact) mass is 217 g/mol. The van der Waals surface area contributed by atoms with Crippen LogP contribution in [0.3, 0.4) is 0 Å². The Balaban J connectivity index is 2.74. The first kappa shape index (κ1) is 10.8. The van der Waals surface area contributed by atoms with E-state index in [1.54, 1.807) is 6.07 Å².